The van der Waals surface area contributed by atoms with Crippen molar-refractivity contribution in [2.75, 3.05) is 23.3 Å². The first-order chi connectivity index (χ1) is 13.0. The Morgan fingerprint density at radius 1 is 1.19 bits per heavy atom. The molecule has 1 fully saturated rings. The van der Waals surface area contributed by atoms with Crippen molar-refractivity contribution in [1.82, 2.24) is 14.4 Å². The maximum atomic E-state index is 12.8. The number of imidazole rings is 1. The molecule has 6 nitrogen and oxygen atoms in total. The number of aryl methyl sites for hydroxylation is 2. The van der Waals surface area contributed by atoms with Gasteiger partial charge in [-0.2, -0.15) is 0 Å². The fraction of sp³-hybridized carbons (Fsp3) is 0.381. The summed E-state index contributed by atoms with van der Waals surface area (Å²) >= 11 is 0. The van der Waals surface area contributed by atoms with Crippen LogP contribution in [0.25, 0.3) is 5.65 Å². The van der Waals surface area contributed by atoms with Gasteiger partial charge in [0.2, 0.25) is 0 Å². The largest absolute Gasteiger partial charge is 0.357 e. The predicted molar refractivity (Wildman–Crippen MR) is 107 cm³/mol. The predicted octanol–water partition coefficient (Wildman–Crippen LogP) is 3.83. The molecule has 1 saturated heterocycles. The zero-order chi connectivity index (χ0) is 19.0. The second kappa shape index (κ2) is 7.02. The first-order valence-corrected chi connectivity index (χ1v) is 9.49. The molecule has 27 heavy (non-hydrogen) atoms. The van der Waals surface area contributed by atoms with E-state index in [9.17, 15) is 4.79 Å². The van der Waals surface area contributed by atoms with Crippen LogP contribution >= 0.6 is 0 Å². The van der Waals surface area contributed by atoms with Crippen LogP contribution in [0.1, 0.15) is 41.5 Å². The van der Waals surface area contributed by atoms with E-state index in [1.807, 2.05) is 48.7 Å². The first-order valence-electron chi connectivity index (χ1n) is 9.49. The van der Waals surface area contributed by atoms with Crippen molar-refractivity contribution in [1.29, 1.82) is 0 Å². The quantitative estimate of drug-likeness (QED) is 0.768. The Balaban J connectivity index is 1.51. The lowest BCUT2D eigenvalue weighted by atomic mass is 9.99. The number of aromatic nitrogens is 3. The average molecular weight is 363 g/mol. The molecule has 0 bridgehead atoms. The van der Waals surface area contributed by atoms with Crippen LogP contribution in [0.4, 0.5) is 11.5 Å². The van der Waals surface area contributed by atoms with E-state index in [1.54, 1.807) is 6.20 Å². The number of amides is 1. The number of rotatable bonds is 3. The number of nitrogens with zero attached hydrogens (tertiary/aromatic N) is 4. The average Bonchev–Trinajstić information content (AvgIpc) is 2.98. The molecule has 0 radical (unpaired) electrons. The Bertz CT molecular complexity index is 968. The van der Waals surface area contributed by atoms with Crippen LogP contribution in [-0.4, -0.2) is 33.4 Å². The van der Waals surface area contributed by atoms with Crippen LogP contribution in [-0.2, 0) is 0 Å². The molecule has 0 aliphatic carbocycles. The van der Waals surface area contributed by atoms with E-state index in [1.165, 1.54) is 12.8 Å². The third kappa shape index (κ3) is 3.52. The molecule has 0 atom stereocenters. The van der Waals surface area contributed by atoms with E-state index < -0.39 is 0 Å². The second-order valence-corrected chi connectivity index (χ2v) is 7.51. The fourth-order valence-electron chi connectivity index (χ4n) is 3.61. The van der Waals surface area contributed by atoms with Gasteiger partial charge in [0.05, 0.1) is 17.6 Å². The lowest BCUT2D eigenvalue weighted by Crippen LogP contribution is -2.33. The van der Waals surface area contributed by atoms with Gasteiger partial charge in [0, 0.05) is 19.3 Å². The van der Waals surface area contributed by atoms with Gasteiger partial charge in [-0.25, -0.2) is 9.97 Å². The molecule has 0 saturated carbocycles. The van der Waals surface area contributed by atoms with Crippen molar-refractivity contribution in [2.24, 2.45) is 5.92 Å². The number of nitrogens with one attached hydrogen (secondary N) is 1. The van der Waals surface area contributed by atoms with Crippen LogP contribution in [0.15, 0.2) is 36.7 Å². The highest BCUT2D eigenvalue weighted by Crippen LogP contribution is 2.22. The number of hydrogen-bond donors (Lipinski definition) is 1. The standard InChI is InChI=1S/C21H25N5O/c1-14-6-9-25(10-7-14)18-5-4-17(13-22-18)24-21(27)20-16(3)23-19-12-15(2)8-11-26(19)20/h4-5,8,11-14H,6-7,9-10H2,1-3H3,(H,24,27). The summed E-state index contributed by atoms with van der Waals surface area (Å²) in [5.41, 5.74) is 3.86. The molecule has 0 aromatic carbocycles. The van der Waals surface area contributed by atoms with Gasteiger partial charge in [0.25, 0.3) is 5.91 Å². The van der Waals surface area contributed by atoms with Crippen molar-refractivity contribution >= 4 is 23.1 Å². The Morgan fingerprint density at radius 3 is 2.67 bits per heavy atom. The van der Waals surface area contributed by atoms with Crippen LogP contribution in [0.5, 0.6) is 0 Å². The number of carbonyl (C=O) groups is 1. The minimum atomic E-state index is -0.176. The van der Waals surface area contributed by atoms with Gasteiger partial charge in [-0.15, -0.1) is 0 Å². The highest BCUT2D eigenvalue weighted by molar-refractivity contribution is 6.04. The summed E-state index contributed by atoms with van der Waals surface area (Å²) < 4.78 is 1.83. The highest BCUT2D eigenvalue weighted by Gasteiger charge is 2.19. The maximum Gasteiger partial charge on any atom is 0.274 e. The molecule has 1 amide bonds. The van der Waals surface area contributed by atoms with Crippen molar-refractivity contribution in [3.8, 4) is 0 Å². The molecule has 3 aromatic rings. The molecule has 4 heterocycles. The minimum Gasteiger partial charge on any atom is -0.357 e. The highest BCUT2D eigenvalue weighted by atomic mass is 16.2. The normalized spacial score (nSPS) is 15.3. The van der Waals surface area contributed by atoms with Crippen LogP contribution in [0.3, 0.4) is 0 Å². The molecule has 6 heteroatoms. The van der Waals surface area contributed by atoms with E-state index in [0.29, 0.717) is 17.1 Å². The van der Waals surface area contributed by atoms with E-state index >= 15 is 0 Å². The van der Waals surface area contributed by atoms with Gasteiger partial charge in [0.1, 0.15) is 17.2 Å². The van der Waals surface area contributed by atoms with Crippen molar-refractivity contribution in [3.05, 3.63) is 53.6 Å². The summed E-state index contributed by atoms with van der Waals surface area (Å²) in [5, 5.41) is 2.95. The van der Waals surface area contributed by atoms with Crippen LogP contribution in [0.2, 0.25) is 0 Å². The Morgan fingerprint density at radius 2 is 1.96 bits per heavy atom. The van der Waals surface area contributed by atoms with Gasteiger partial charge in [-0.3, -0.25) is 9.20 Å². The number of anilines is 2. The summed E-state index contributed by atoms with van der Waals surface area (Å²) in [7, 11) is 0. The number of piperidine rings is 1. The molecular formula is C21H25N5O. The van der Waals surface area contributed by atoms with E-state index in [2.05, 4.69) is 27.1 Å². The summed E-state index contributed by atoms with van der Waals surface area (Å²) in [4.78, 5) is 24.2. The van der Waals surface area contributed by atoms with Crippen molar-refractivity contribution in [3.63, 3.8) is 0 Å². The smallest absolute Gasteiger partial charge is 0.274 e. The van der Waals surface area contributed by atoms with Crippen LogP contribution in [0, 0.1) is 19.8 Å². The number of hydrogen-bond acceptors (Lipinski definition) is 4. The summed E-state index contributed by atoms with van der Waals surface area (Å²) in [5.74, 6) is 1.59. The zero-order valence-corrected chi connectivity index (χ0v) is 16.1. The van der Waals surface area contributed by atoms with Crippen molar-refractivity contribution in [2.45, 2.75) is 33.6 Å². The molecule has 1 aliphatic rings. The maximum absolute atomic E-state index is 12.8. The van der Waals surface area contributed by atoms with Gasteiger partial charge in [-0.05, 0) is 62.4 Å². The topological polar surface area (TPSA) is 62.5 Å². The van der Waals surface area contributed by atoms with Gasteiger partial charge in [-0.1, -0.05) is 6.92 Å². The van der Waals surface area contributed by atoms with Crippen molar-refractivity contribution < 1.29 is 4.79 Å². The molecule has 1 aliphatic heterocycles. The third-order valence-electron chi connectivity index (χ3n) is 5.28. The molecule has 3 aromatic heterocycles. The summed E-state index contributed by atoms with van der Waals surface area (Å²) in [6.07, 6.45) is 6.02. The Hall–Kier alpha value is -2.89. The molecule has 0 spiro atoms. The van der Waals surface area contributed by atoms with E-state index in [0.717, 1.165) is 36.0 Å². The first kappa shape index (κ1) is 17.5. The number of pyridine rings is 2. The summed E-state index contributed by atoms with van der Waals surface area (Å²) in [6, 6.07) is 7.84. The molecular weight excluding hydrogens is 338 g/mol. The second-order valence-electron chi connectivity index (χ2n) is 7.51. The molecule has 0 unspecified atom stereocenters. The summed E-state index contributed by atoms with van der Waals surface area (Å²) in [6.45, 7) is 8.25. The van der Waals surface area contributed by atoms with Crippen LogP contribution < -0.4 is 10.2 Å². The van der Waals surface area contributed by atoms with Gasteiger partial charge >= 0.3 is 0 Å². The minimum absolute atomic E-state index is 0.176. The number of fused-ring (bicyclic) bond motifs is 1. The fourth-order valence-corrected chi connectivity index (χ4v) is 3.61. The SMILES string of the molecule is Cc1ccn2c(C(=O)Nc3ccc(N4CCC(C)CC4)nc3)c(C)nc2c1. The lowest BCUT2D eigenvalue weighted by molar-refractivity contribution is 0.102. The zero-order valence-electron chi connectivity index (χ0n) is 16.1. The lowest BCUT2D eigenvalue weighted by Gasteiger charge is -2.31. The van der Waals surface area contributed by atoms with E-state index in [-0.39, 0.29) is 5.91 Å². The van der Waals surface area contributed by atoms with E-state index in [4.69, 9.17) is 0 Å². The molecule has 1 N–H and O–H groups in total. The molecule has 4 rings (SSSR count). The molecule has 140 valence electrons. The monoisotopic (exact) mass is 363 g/mol. The third-order valence-corrected chi connectivity index (χ3v) is 5.28. The number of carbonyl (C=O) groups excluding carboxylic acids is 1. The Kier molecular flexibility index (Phi) is 4.56. The van der Waals surface area contributed by atoms with Gasteiger partial charge < -0.3 is 10.2 Å². The Labute approximate surface area is 159 Å². The van der Waals surface area contributed by atoms with Gasteiger partial charge in [0.15, 0.2) is 0 Å².